The van der Waals surface area contributed by atoms with Crippen molar-refractivity contribution >= 4 is 11.8 Å². The molecule has 2 bridgehead atoms. The van der Waals surface area contributed by atoms with Crippen molar-refractivity contribution in [1.29, 1.82) is 0 Å². The van der Waals surface area contributed by atoms with Gasteiger partial charge >= 0.3 is 0 Å². The third-order valence-corrected chi connectivity index (χ3v) is 5.85. The van der Waals surface area contributed by atoms with Gasteiger partial charge in [-0.15, -0.1) is 0 Å². The lowest BCUT2D eigenvalue weighted by Crippen LogP contribution is -2.53. The van der Waals surface area contributed by atoms with E-state index in [2.05, 4.69) is 11.4 Å². The molecule has 0 spiro atoms. The normalized spacial score (nSPS) is 18.3. The summed E-state index contributed by atoms with van der Waals surface area (Å²) in [7, 11) is 1.59. The maximum absolute atomic E-state index is 13.8. The third kappa shape index (κ3) is 4.75. The van der Waals surface area contributed by atoms with Crippen LogP contribution in [0.2, 0.25) is 0 Å². The minimum atomic E-state index is -0.928. The molecule has 2 aromatic rings. The molecule has 0 radical (unpaired) electrons. The number of amides is 2. The molecule has 3 heterocycles. The van der Waals surface area contributed by atoms with Crippen LogP contribution in [0.5, 0.6) is 11.5 Å². The SMILES string of the molecule is CN1CN2CCCC/C=C\CCOc3cc(F)ccc3CNC(=O)c3cn2c(c(O)c3=O)C1=O. The van der Waals surface area contributed by atoms with E-state index in [1.165, 1.54) is 34.0 Å². The Kier molecular flexibility index (Phi) is 6.85. The van der Waals surface area contributed by atoms with Crippen molar-refractivity contribution < 1.29 is 23.8 Å². The molecule has 0 unspecified atom stereocenters. The molecule has 180 valence electrons. The average Bonchev–Trinajstić information content (AvgIpc) is 2.81. The molecule has 2 aliphatic rings. The molecule has 2 N–H and O–H groups in total. The van der Waals surface area contributed by atoms with E-state index in [9.17, 15) is 23.9 Å². The molecular formula is C24H27FN4O5. The minimum Gasteiger partial charge on any atom is -0.502 e. The summed E-state index contributed by atoms with van der Waals surface area (Å²) < 4.78 is 20.9. The van der Waals surface area contributed by atoms with E-state index in [1.807, 2.05) is 11.1 Å². The van der Waals surface area contributed by atoms with Gasteiger partial charge in [0.2, 0.25) is 5.43 Å². The Hall–Kier alpha value is -3.82. The van der Waals surface area contributed by atoms with Crippen molar-refractivity contribution in [1.82, 2.24) is 14.9 Å². The zero-order valence-corrected chi connectivity index (χ0v) is 18.9. The predicted octanol–water partition coefficient (Wildman–Crippen LogP) is 2.11. The average molecular weight is 471 g/mol. The number of halogens is 1. The van der Waals surface area contributed by atoms with Crippen LogP contribution in [-0.4, -0.2) is 53.4 Å². The second-order valence-corrected chi connectivity index (χ2v) is 8.33. The van der Waals surface area contributed by atoms with E-state index in [4.69, 9.17) is 4.74 Å². The number of aromatic hydroxyl groups is 1. The second kappa shape index (κ2) is 9.98. The van der Waals surface area contributed by atoms with Crippen LogP contribution in [0.1, 0.15) is 52.1 Å². The van der Waals surface area contributed by atoms with E-state index >= 15 is 0 Å². The van der Waals surface area contributed by atoms with Gasteiger partial charge in [-0.3, -0.25) is 24.1 Å². The monoisotopic (exact) mass is 470 g/mol. The molecule has 0 aliphatic carbocycles. The Balaban J connectivity index is 1.71. The molecule has 1 aromatic heterocycles. The largest absolute Gasteiger partial charge is 0.502 e. The highest BCUT2D eigenvalue weighted by atomic mass is 19.1. The Bertz CT molecular complexity index is 1190. The number of rotatable bonds is 0. The number of benzene rings is 1. The van der Waals surface area contributed by atoms with Gasteiger partial charge in [-0.1, -0.05) is 18.2 Å². The molecule has 34 heavy (non-hydrogen) atoms. The summed E-state index contributed by atoms with van der Waals surface area (Å²) in [6.07, 6.45) is 8.56. The van der Waals surface area contributed by atoms with E-state index in [0.717, 1.165) is 19.3 Å². The van der Waals surface area contributed by atoms with Crippen molar-refractivity contribution in [3.63, 3.8) is 0 Å². The third-order valence-electron chi connectivity index (χ3n) is 5.85. The molecule has 2 aliphatic heterocycles. The number of hydrogen-bond donors (Lipinski definition) is 2. The minimum absolute atomic E-state index is 0.0162. The second-order valence-electron chi connectivity index (χ2n) is 8.33. The number of pyridine rings is 1. The molecule has 2 amide bonds. The van der Waals surface area contributed by atoms with Crippen molar-refractivity contribution in [2.45, 2.75) is 32.2 Å². The van der Waals surface area contributed by atoms with Gasteiger partial charge in [0.05, 0.1) is 6.61 Å². The quantitative estimate of drug-likeness (QED) is 0.572. The van der Waals surface area contributed by atoms with Crippen LogP contribution in [-0.2, 0) is 6.54 Å². The number of aromatic nitrogens is 1. The number of nitrogens with one attached hydrogen (secondary N) is 1. The van der Waals surface area contributed by atoms with Crippen molar-refractivity contribution in [3.8, 4) is 11.5 Å². The number of allylic oxidation sites excluding steroid dienone is 1. The number of hydrogen-bond acceptors (Lipinski definition) is 6. The summed E-state index contributed by atoms with van der Waals surface area (Å²) in [5.74, 6) is -2.15. The molecule has 9 nitrogen and oxygen atoms in total. The lowest BCUT2D eigenvalue weighted by Gasteiger charge is -2.38. The molecule has 0 saturated carbocycles. The van der Waals surface area contributed by atoms with Gasteiger partial charge in [-0.05, 0) is 31.7 Å². The van der Waals surface area contributed by atoms with E-state index in [-0.39, 0.29) is 24.5 Å². The molecule has 1 aromatic carbocycles. The maximum atomic E-state index is 13.8. The topological polar surface area (TPSA) is 104 Å². The highest BCUT2D eigenvalue weighted by molar-refractivity contribution is 5.99. The molecule has 4 rings (SSSR count). The smallest absolute Gasteiger partial charge is 0.277 e. The van der Waals surface area contributed by atoms with E-state index in [0.29, 0.717) is 30.9 Å². The summed E-state index contributed by atoms with van der Waals surface area (Å²) in [6, 6.07) is 4.02. The Labute approximate surface area is 196 Å². The standard InChI is InChI=1S/C24H27FN4O5/c1-27-15-28-10-6-4-2-3-5-7-11-34-19-12-17(25)9-8-16(19)13-26-23(32)18-14-29(28)20(24(27)33)22(31)21(18)30/h3,5,8-9,12,14,31H,2,4,6-7,10-11,13,15H2,1H3,(H,26,32)/b5-3-. The first-order valence-electron chi connectivity index (χ1n) is 11.2. The zero-order valence-electron chi connectivity index (χ0n) is 18.9. The van der Waals surface area contributed by atoms with Gasteiger partial charge in [-0.2, -0.15) is 0 Å². The highest BCUT2D eigenvalue weighted by Gasteiger charge is 2.32. The summed E-state index contributed by atoms with van der Waals surface area (Å²) in [4.78, 5) is 39.8. The van der Waals surface area contributed by atoms with Crippen molar-refractivity contribution in [2.75, 3.05) is 31.9 Å². The molecular weight excluding hydrogens is 443 g/mol. The fraction of sp³-hybridized carbons (Fsp3) is 0.375. The Morgan fingerprint density at radius 3 is 2.74 bits per heavy atom. The van der Waals surface area contributed by atoms with Crippen molar-refractivity contribution in [2.24, 2.45) is 0 Å². The van der Waals surface area contributed by atoms with Gasteiger partial charge < -0.3 is 20.1 Å². The molecule has 10 heteroatoms. The Morgan fingerprint density at radius 2 is 1.91 bits per heavy atom. The number of carbonyl (C=O) groups excluding carboxylic acids is 2. The van der Waals surface area contributed by atoms with Crippen molar-refractivity contribution in [3.05, 3.63) is 69.4 Å². The first-order chi connectivity index (χ1) is 16.4. The number of fused-ring (bicyclic) bond motifs is 2. The first kappa shape index (κ1) is 23.3. The van der Waals surface area contributed by atoms with Gasteiger partial charge in [0.1, 0.15) is 23.8 Å². The summed E-state index contributed by atoms with van der Waals surface area (Å²) >= 11 is 0. The van der Waals surface area contributed by atoms with Crippen LogP contribution in [0.3, 0.4) is 0 Å². The first-order valence-corrected chi connectivity index (χ1v) is 11.2. The maximum Gasteiger partial charge on any atom is 0.277 e. The van der Waals surface area contributed by atoms with Gasteiger partial charge in [0.15, 0.2) is 11.4 Å². The van der Waals surface area contributed by atoms with Crippen LogP contribution >= 0.6 is 0 Å². The fourth-order valence-corrected chi connectivity index (χ4v) is 4.02. The predicted molar refractivity (Wildman–Crippen MR) is 123 cm³/mol. The van der Waals surface area contributed by atoms with E-state index < -0.39 is 28.8 Å². The number of carbonyl (C=O) groups is 2. The van der Waals surface area contributed by atoms with Gasteiger partial charge in [0, 0.05) is 38.0 Å². The van der Waals surface area contributed by atoms with Crippen LogP contribution < -0.4 is 20.5 Å². The number of ether oxygens (including phenoxy) is 1. The summed E-state index contributed by atoms with van der Waals surface area (Å²) in [6.45, 7) is 1.15. The van der Waals surface area contributed by atoms with Crippen LogP contribution in [0, 0.1) is 5.82 Å². The van der Waals surface area contributed by atoms with E-state index in [1.54, 1.807) is 7.05 Å². The van der Waals surface area contributed by atoms with Crippen LogP contribution in [0.25, 0.3) is 0 Å². The van der Waals surface area contributed by atoms with Crippen LogP contribution in [0.15, 0.2) is 41.3 Å². The Morgan fingerprint density at radius 1 is 1.12 bits per heavy atom. The number of nitrogens with zero attached hydrogens (tertiary/aromatic N) is 3. The summed E-state index contributed by atoms with van der Waals surface area (Å²) in [5, 5.41) is 15.0. The van der Waals surface area contributed by atoms with Crippen LogP contribution in [0.4, 0.5) is 4.39 Å². The summed E-state index contributed by atoms with van der Waals surface area (Å²) in [5.41, 5.74) is -0.848. The van der Waals surface area contributed by atoms with Gasteiger partial charge in [-0.25, -0.2) is 4.39 Å². The van der Waals surface area contributed by atoms with Gasteiger partial charge in [0.25, 0.3) is 11.8 Å². The zero-order chi connectivity index (χ0) is 24.2. The molecule has 0 fully saturated rings. The lowest BCUT2D eigenvalue weighted by molar-refractivity contribution is 0.0730. The highest BCUT2D eigenvalue weighted by Crippen LogP contribution is 2.22. The lowest BCUT2D eigenvalue weighted by atomic mass is 10.1. The molecule has 0 atom stereocenters. The fourth-order valence-electron chi connectivity index (χ4n) is 4.02. The molecule has 0 saturated heterocycles.